The summed E-state index contributed by atoms with van der Waals surface area (Å²) in [5, 5.41) is 21.9. The molecule has 3 rings (SSSR count). The van der Waals surface area contributed by atoms with Crippen LogP contribution in [-0.2, 0) is 10.5 Å². The van der Waals surface area contributed by atoms with Crippen molar-refractivity contribution in [3.05, 3.63) is 77.0 Å². The fourth-order valence-corrected chi connectivity index (χ4v) is 3.61. The topological polar surface area (TPSA) is 139 Å². The highest BCUT2D eigenvalue weighted by molar-refractivity contribution is 8.03. The minimum Gasteiger partial charge on any atom is -0.491 e. The van der Waals surface area contributed by atoms with Crippen molar-refractivity contribution in [2.75, 3.05) is 20.3 Å². The molecule has 0 aliphatic heterocycles. The van der Waals surface area contributed by atoms with Crippen molar-refractivity contribution in [2.24, 2.45) is 4.99 Å². The molecule has 2 heterocycles. The van der Waals surface area contributed by atoms with Gasteiger partial charge in [-0.1, -0.05) is 49.5 Å². The van der Waals surface area contributed by atoms with E-state index in [1.165, 1.54) is 17.5 Å². The van der Waals surface area contributed by atoms with Crippen LogP contribution in [0.25, 0.3) is 0 Å². The van der Waals surface area contributed by atoms with Gasteiger partial charge in [-0.25, -0.2) is 4.98 Å². The maximum atomic E-state index is 9.06. The molecule has 0 atom stereocenters. The second kappa shape index (κ2) is 24.3. The minimum atomic E-state index is 0.0136. The van der Waals surface area contributed by atoms with Crippen LogP contribution in [0.4, 0.5) is 0 Å². The van der Waals surface area contributed by atoms with Gasteiger partial charge in [-0.2, -0.15) is 5.10 Å². The lowest BCUT2D eigenvalue weighted by Gasteiger charge is -2.07. The number of ether oxygens (including phenoxy) is 1. The Morgan fingerprint density at radius 1 is 1.30 bits per heavy atom. The van der Waals surface area contributed by atoms with E-state index in [-0.39, 0.29) is 6.61 Å². The van der Waals surface area contributed by atoms with Gasteiger partial charge in [-0.15, -0.1) is 0 Å². The normalized spacial score (nSPS) is 10.4. The summed E-state index contributed by atoms with van der Waals surface area (Å²) in [7, 11) is 1.56. The lowest BCUT2D eigenvalue weighted by molar-refractivity contribution is -0.109. The highest BCUT2D eigenvalue weighted by Crippen LogP contribution is 2.31. The monoisotopic (exact) mass is 548 g/mol. The van der Waals surface area contributed by atoms with Crippen LogP contribution in [-0.4, -0.2) is 58.8 Å². The summed E-state index contributed by atoms with van der Waals surface area (Å²) in [6, 6.07) is 9.56. The number of carbonyl (C=O) groups is 1. The molecule has 3 N–H and O–H groups in total. The van der Waals surface area contributed by atoms with Crippen LogP contribution < -0.4 is 10.1 Å². The SMILES string of the molecule is C=N/C(=C\C=C(/CC)Sc1ccc(OCCO)cc1)SCc1ncn[nH]1.CC.CNC=O.c1cnoc1. The van der Waals surface area contributed by atoms with Crippen molar-refractivity contribution < 1.29 is 19.2 Å². The fourth-order valence-electron chi connectivity index (χ4n) is 2.07. The number of aromatic nitrogens is 4. The standard InChI is InChI=1S/C18H22N4O2S2.C3H3NO.C2H5NO.C2H6/c1-3-15(26-16-6-4-14(5-7-16)24-11-10-23)8-9-18(19-2)25-12-17-20-13-21-22-17;1-2-4-5-3-1;1-3-2-4;1-2/h4-9,13,23H,2-3,10-12H2,1H3,(H,20,21,22);1-3H;2H,1H3,(H,3,4);1-2H3/b15-8+,18-9+;;;. The Hall–Kier alpha value is -3.35. The lowest BCUT2D eigenvalue weighted by Crippen LogP contribution is -2.01. The first-order chi connectivity index (χ1) is 18.2. The van der Waals surface area contributed by atoms with Gasteiger partial charge in [0, 0.05) is 11.9 Å². The van der Waals surface area contributed by atoms with E-state index >= 15 is 0 Å². The molecule has 0 aliphatic rings. The summed E-state index contributed by atoms with van der Waals surface area (Å²) in [5.74, 6) is 2.23. The van der Waals surface area contributed by atoms with Crippen LogP contribution in [0.15, 0.2) is 85.6 Å². The average Bonchev–Trinajstić information content (AvgIpc) is 3.71. The number of aliphatic hydroxyl groups is 1. The average molecular weight is 549 g/mol. The lowest BCUT2D eigenvalue weighted by atomic mass is 10.3. The van der Waals surface area contributed by atoms with E-state index in [4.69, 9.17) is 14.6 Å². The van der Waals surface area contributed by atoms with Crippen molar-refractivity contribution in [3.8, 4) is 5.75 Å². The zero-order chi connectivity index (χ0) is 27.6. The van der Waals surface area contributed by atoms with Gasteiger partial charge in [0.25, 0.3) is 0 Å². The Morgan fingerprint density at radius 3 is 2.49 bits per heavy atom. The quantitative estimate of drug-likeness (QED) is 0.122. The molecule has 37 heavy (non-hydrogen) atoms. The number of nitrogens with zero attached hydrogens (tertiary/aromatic N) is 4. The molecule has 2 aromatic heterocycles. The summed E-state index contributed by atoms with van der Waals surface area (Å²) >= 11 is 3.26. The predicted octanol–water partition coefficient (Wildman–Crippen LogP) is 5.10. The predicted molar refractivity (Wildman–Crippen MR) is 152 cm³/mol. The molecule has 0 saturated heterocycles. The van der Waals surface area contributed by atoms with Gasteiger partial charge in [-0.3, -0.25) is 14.9 Å². The van der Waals surface area contributed by atoms with E-state index in [1.807, 2.05) is 44.2 Å². The van der Waals surface area contributed by atoms with Crippen LogP contribution in [0.3, 0.4) is 0 Å². The zero-order valence-corrected chi connectivity index (χ0v) is 23.3. The number of rotatable bonds is 12. The second-order valence-corrected chi connectivity index (χ2v) is 8.31. The molecule has 0 bridgehead atoms. The van der Waals surface area contributed by atoms with Crippen LogP contribution >= 0.6 is 23.5 Å². The van der Waals surface area contributed by atoms with E-state index in [0.29, 0.717) is 18.8 Å². The number of aliphatic imine (C=N–C) groups is 1. The molecule has 12 heteroatoms. The summed E-state index contributed by atoms with van der Waals surface area (Å²) in [4.78, 5) is 19.6. The van der Waals surface area contributed by atoms with Crippen LogP contribution in [0.1, 0.15) is 33.0 Å². The van der Waals surface area contributed by atoms with E-state index in [1.54, 1.807) is 42.8 Å². The third kappa shape index (κ3) is 17.7. The molecule has 0 radical (unpaired) electrons. The van der Waals surface area contributed by atoms with Gasteiger partial charge >= 0.3 is 0 Å². The third-order valence-corrected chi connectivity index (χ3v) is 5.81. The van der Waals surface area contributed by atoms with Crippen molar-refractivity contribution >= 4 is 36.7 Å². The summed E-state index contributed by atoms with van der Waals surface area (Å²) < 4.78 is 9.71. The molecule has 0 aliphatic carbocycles. The van der Waals surface area contributed by atoms with Gasteiger partial charge in [0.15, 0.2) is 0 Å². The molecule has 202 valence electrons. The number of hydrogen-bond donors (Lipinski definition) is 3. The van der Waals surface area contributed by atoms with E-state index < -0.39 is 0 Å². The van der Waals surface area contributed by atoms with Crippen LogP contribution in [0.2, 0.25) is 0 Å². The van der Waals surface area contributed by atoms with Crippen molar-refractivity contribution in [1.29, 1.82) is 0 Å². The maximum absolute atomic E-state index is 9.06. The van der Waals surface area contributed by atoms with Crippen molar-refractivity contribution in [3.63, 3.8) is 0 Å². The summed E-state index contributed by atoms with van der Waals surface area (Å²) in [6.45, 7) is 10.1. The number of allylic oxidation sites excluding steroid dienone is 3. The Bertz CT molecular complexity index is 962. The second-order valence-electron chi connectivity index (χ2n) is 6.11. The molecular weight excluding hydrogens is 512 g/mol. The molecule has 1 amide bonds. The Labute approximate surface area is 227 Å². The Kier molecular flexibility index (Phi) is 22.1. The Morgan fingerprint density at radius 2 is 2.03 bits per heavy atom. The number of hydrogen-bond acceptors (Lipinski definition) is 10. The third-order valence-electron chi connectivity index (χ3n) is 3.64. The summed E-state index contributed by atoms with van der Waals surface area (Å²) in [6.07, 6.45) is 10.2. The van der Waals surface area contributed by atoms with Crippen LogP contribution in [0, 0.1) is 0 Å². The number of amides is 1. The summed E-state index contributed by atoms with van der Waals surface area (Å²) in [5.41, 5.74) is 0. The number of H-pyrrole nitrogens is 1. The number of carbonyl (C=O) groups excluding carboxylic acids is 1. The van der Waals surface area contributed by atoms with Gasteiger partial charge in [0.2, 0.25) is 6.41 Å². The highest BCUT2D eigenvalue weighted by Gasteiger charge is 2.02. The Balaban J connectivity index is 0.000000983. The maximum Gasteiger partial charge on any atom is 0.206 e. The first-order valence-corrected chi connectivity index (χ1v) is 13.3. The minimum absolute atomic E-state index is 0.0136. The number of thioether (sulfide) groups is 2. The largest absolute Gasteiger partial charge is 0.491 e. The van der Waals surface area contributed by atoms with E-state index in [2.05, 4.69) is 54.9 Å². The van der Waals surface area contributed by atoms with Gasteiger partial charge in [0.1, 0.15) is 30.8 Å². The molecule has 0 saturated carbocycles. The van der Waals surface area contributed by atoms with E-state index in [9.17, 15) is 0 Å². The molecule has 0 unspecified atom stereocenters. The smallest absolute Gasteiger partial charge is 0.206 e. The first kappa shape index (κ1) is 33.7. The molecule has 10 nitrogen and oxygen atoms in total. The first-order valence-electron chi connectivity index (χ1n) is 11.5. The number of nitrogens with one attached hydrogen (secondary N) is 2. The van der Waals surface area contributed by atoms with Gasteiger partial charge in [-0.05, 0) is 60.5 Å². The van der Waals surface area contributed by atoms with Crippen molar-refractivity contribution in [2.45, 2.75) is 37.8 Å². The molecular formula is C25H36N6O4S2. The zero-order valence-electron chi connectivity index (χ0n) is 21.7. The van der Waals surface area contributed by atoms with E-state index in [0.717, 1.165) is 27.9 Å². The van der Waals surface area contributed by atoms with Crippen molar-refractivity contribution in [1.82, 2.24) is 25.7 Å². The molecule has 0 spiro atoms. The molecule has 1 aromatic carbocycles. The van der Waals surface area contributed by atoms with Gasteiger partial charge in [0.05, 0.1) is 23.6 Å². The van der Waals surface area contributed by atoms with Gasteiger partial charge < -0.3 is 19.7 Å². The molecule has 0 fully saturated rings. The highest BCUT2D eigenvalue weighted by atomic mass is 32.2. The molecule has 3 aromatic rings. The number of aromatic amines is 1. The van der Waals surface area contributed by atoms with Crippen LogP contribution in [0.5, 0.6) is 5.75 Å². The fraction of sp³-hybridized carbons (Fsp3) is 0.320. The number of aliphatic hydroxyl groups excluding tert-OH is 1. The number of benzene rings is 1.